The molecular formula is C11H10F3NO. The third-order valence-corrected chi connectivity index (χ3v) is 1.95. The molecule has 0 aliphatic rings. The van der Waals surface area contributed by atoms with Gasteiger partial charge in [0.2, 0.25) is 0 Å². The molecule has 0 spiro atoms. The molecule has 16 heavy (non-hydrogen) atoms. The van der Waals surface area contributed by atoms with Crippen molar-refractivity contribution in [1.29, 1.82) is 0 Å². The van der Waals surface area contributed by atoms with Crippen molar-refractivity contribution in [3.8, 4) is 0 Å². The Bertz CT molecular complexity index is 418. The van der Waals surface area contributed by atoms with Crippen LogP contribution in [0.4, 0.5) is 13.2 Å². The Morgan fingerprint density at radius 1 is 1.25 bits per heavy atom. The van der Waals surface area contributed by atoms with Gasteiger partial charge in [0.25, 0.3) is 0 Å². The lowest BCUT2D eigenvalue weighted by molar-refractivity contribution is -0.0927. The lowest BCUT2D eigenvalue weighted by atomic mass is 10.1. The number of carbonyl (C=O) groups is 1. The molecule has 1 aromatic carbocycles. The van der Waals surface area contributed by atoms with Crippen LogP contribution in [0.3, 0.4) is 0 Å². The van der Waals surface area contributed by atoms with E-state index in [4.69, 9.17) is 5.73 Å². The summed E-state index contributed by atoms with van der Waals surface area (Å²) in [7, 11) is 0. The van der Waals surface area contributed by atoms with Crippen molar-refractivity contribution in [2.75, 3.05) is 0 Å². The highest BCUT2D eigenvalue weighted by Crippen LogP contribution is 2.21. The minimum absolute atomic E-state index is 0.179. The summed E-state index contributed by atoms with van der Waals surface area (Å²) in [6, 6.07) is 6.20. The Balaban J connectivity index is 2.92. The van der Waals surface area contributed by atoms with E-state index in [1.54, 1.807) is 12.1 Å². The summed E-state index contributed by atoms with van der Waals surface area (Å²) in [6.07, 6.45) is -4.27. The maximum absolute atomic E-state index is 12.0. The average molecular weight is 229 g/mol. The Morgan fingerprint density at radius 3 is 2.19 bits per heavy atom. The number of aryl methyl sites for hydroxylation is 1. The molecule has 0 aromatic heterocycles. The predicted molar refractivity (Wildman–Crippen MR) is 53.8 cm³/mol. The van der Waals surface area contributed by atoms with E-state index in [1.165, 1.54) is 12.1 Å². The van der Waals surface area contributed by atoms with Crippen LogP contribution >= 0.6 is 0 Å². The Morgan fingerprint density at radius 2 is 1.75 bits per heavy atom. The number of carbonyl (C=O) groups excluding carboxylic acids is 1. The number of hydrogen-bond acceptors (Lipinski definition) is 2. The van der Waals surface area contributed by atoms with Gasteiger partial charge in [-0.2, -0.15) is 13.2 Å². The predicted octanol–water partition coefficient (Wildman–Crippen LogP) is 2.58. The Kier molecular flexibility index (Phi) is 3.37. The van der Waals surface area contributed by atoms with Crippen LogP contribution in [0, 0.1) is 6.92 Å². The number of allylic oxidation sites excluding steroid dienone is 2. The maximum atomic E-state index is 12.0. The zero-order chi connectivity index (χ0) is 12.3. The summed E-state index contributed by atoms with van der Waals surface area (Å²) in [5.41, 5.74) is 4.44. The molecular weight excluding hydrogens is 219 g/mol. The van der Waals surface area contributed by atoms with Gasteiger partial charge in [0.05, 0.1) is 0 Å². The summed E-state index contributed by atoms with van der Waals surface area (Å²) in [5, 5.41) is 0. The molecule has 0 heterocycles. The number of nitrogens with two attached hydrogens (primary N) is 1. The second-order valence-electron chi connectivity index (χ2n) is 3.33. The molecule has 0 unspecified atom stereocenters. The van der Waals surface area contributed by atoms with Crippen LogP contribution in [-0.4, -0.2) is 12.0 Å². The van der Waals surface area contributed by atoms with Crippen molar-refractivity contribution in [2.45, 2.75) is 13.1 Å². The second kappa shape index (κ2) is 4.38. The zero-order valence-corrected chi connectivity index (χ0v) is 8.51. The average Bonchev–Trinajstić information content (AvgIpc) is 2.17. The highest BCUT2D eigenvalue weighted by Gasteiger charge is 2.32. The molecule has 86 valence electrons. The van der Waals surface area contributed by atoms with Crippen LogP contribution in [0.1, 0.15) is 15.9 Å². The van der Waals surface area contributed by atoms with Gasteiger partial charge in [0, 0.05) is 11.6 Å². The third kappa shape index (κ3) is 3.12. The van der Waals surface area contributed by atoms with Crippen LogP contribution in [0.15, 0.2) is 36.0 Å². The van der Waals surface area contributed by atoms with Gasteiger partial charge in [-0.25, -0.2) is 0 Å². The summed E-state index contributed by atoms with van der Waals surface area (Å²) in [5.74, 6) is -0.755. The first-order valence-electron chi connectivity index (χ1n) is 4.46. The van der Waals surface area contributed by atoms with Gasteiger partial charge in [0.1, 0.15) is 5.70 Å². The fourth-order valence-corrected chi connectivity index (χ4v) is 1.02. The molecule has 0 aliphatic heterocycles. The summed E-state index contributed by atoms with van der Waals surface area (Å²) in [6.45, 7) is 1.81. The summed E-state index contributed by atoms with van der Waals surface area (Å²) < 4.78 is 36.1. The second-order valence-corrected chi connectivity index (χ2v) is 3.33. The molecule has 0 saturated heterocycles. The number of halogens is 3. The molecule has 0 fully saturated rings. The van der Waals surface area contributed by atoms with Gasteiger partial charge >= 0.3 is 6.18 Å². The van der Waals surface area contributed by atoms with Crippen molar-refractivity contribution >= 4 is 5.78 Å². The van der Waals surface area contributed by atoms with Crippen molar-refractivity contribution in [3.63, 3.8) is 0 Å². The Hall–Kier alpha value is -1.78. The van der Waals surface area contributed by atoms with Crippen LogP contribution in [-0.2, 0) is 0 Å². The minimum Gasteiger partial charge on any atom is -0.395 e. The molecule has 2 N–H and O–H groups in total. The fourth-order valence-electron chi connectivity index (χ4n) is 1.02. The smallest absolute Gasteiger partial charge is 0.395 e. The minimum atomic E-state index is -4.67. The summed E-state index contributed by atoms with van der Waals surface area (Å²) >= 11 is 0. The van der Waals surface area contributed by atoms with Crippen molar-refractivity contribution in [2.24, 2.45) is 5.73 Å². The van der Waals surface area contributed by atoms with Gasteiger partial charge in [-0.05, 0) is 6.92 Å². The quantitative estimate of drug-likeness (QED) is 0.625. The first kappa shape index (κ1) is 12.3. The largest absolute Gasteiger partial charge is 0.430 e. The maximum Gasteiger partial charge on any atom is 0.430 e. The molecule has 0 bridgehead atoms. The van der Waals surface area contributed by atoms with Crippen molar-refractivity contribution < 1.29 is 18.0 Å². The zero-order valence-electron chi connectivity index (χ0n) is 8.51. The first-order chi connectivity index (χ1) is 7.30. The molecule has 0 atom stereocenters. The monoisotopic (exact) mass is 229 g/mol. The van der Waals surface area contributed by atoms with Crippen LogP contribution in [0.5, 0.6) is 0 Å². The van der Waals surface area contributed by atoms with Crippen LogP contribution in [0.25, 0.3) is 0 Å². The molecule has 1 aromatic rings. The van der Waals surface area contributed by atoms with Crippen molar-refractivity contribution in [3.05, 3.63) is 47.2 Å². The number of alkyl halides is 3. The van der Waals surface area contributed by atoms with E-state index in [0.717, 1.165) is 5.56 Å². The van der Waals surface area contributed by atoms with E-state index < -0.39 is 17.7 Å². The molecule has 0 amide bonds. The fraction of sp³-hybridized carbons (Fsp3) is 0.182. The molecule has 0 radical (unpaired) electrons. The van der Waals surface area contributed by atoms with E-state index in [2.05, 4.69) is 0 Å². The van der Waals surface area contributed by atoms with Gasteiger partial charge in [0.15, 0.2) is 5.78 Å². The van der Waals surface area contributed by atoms with E-state index in [0.29, 0.717) is 6.08 Å². The molecule has 5 heteroatoms. The first-order valence-corrected chi connectivity index (χ1v) is 4.46. The highest BCUT2D eigenvalue weighted by molar-refractivity contribution is 6.04. The van der Waals surface area contributed by atoms with Gasteiger partial charge < -0.3 is 5.73 Å². The normalized spacial score (nSPS) is 12.6. The number of benzene rings is 1. The lowest BCUT2D eigenvalue weighted by Crippen LogP contribution is -2.20. The SMILES string of the molecule is Cc1ccc(C(=O)/C=C(\N)C(F)(F)F)cc1. The van der Waals surface area contributed by atoms with Gasteiger partial charge in [-0.3, -0.25) is 4.79 Å². The molecule has 0 aliphatic carbocycles. The van der Waals surface area contributed by atoms with Crippen LogP contribution < -0.4 is 5.73 Å². The van der Waals surface area contributed by atoms with Crippen molar-refractivity contribution in [1.82, 2.24) is 0 Å². The number of hydrogen-bond donors (Lipinski definition) is 1. The highest BCUT2D eigenvalue weighted by atomic mass is 19.4. The summed E-state index contributed by atoms with van der Waals surface area (Å²) in [4.78, 5) is 11.4. The van der Waals surface area contributed by atoms with Gasteiger partial charge in [-0.15, -0.1) is 0 Å². The van der Waals surface area contributed by atoms with E-state index >= 15 is 0 Å². The topological polar surface area (TPSA) is 43.1 Å². The van der Waals surface area contributed by atoms with E-state index in [1.807, 2.05) is 6.92 Å². The van der Waals surface area contributed by atoms with Crippen LogP contribution in [0.2, 0.25) is 0 Å². The van der Waals surface area contributed by atoms with E-state index in [9.17, 15) is 18.0 Å². The van der Waals surface area contributed by atoms with E-state index in [-0.39, 0.29) is 5.56 Å². The molecule has 2 nitrogen and oxygen atoms in total. The molecule has 1 rings (SSSR count). The lowest BCUT2D eigenvalue weighted by Gasteiger charge is -2.05. The third-order valence-electron chi connectivity index (χ3n) is 1.95. The Labute approximate surface area is 90.6 Å². The number of ketones is 1. The number of rotatable bonds is 2. The standard InChI is InChI=1S/C11H10F3NO/c1-7-2-4-8(5-3-7)9(16)6-10(15)11(12,13)14/h2-6H,15H2,1H3/b10-6-. The van der Waals surface area contributed by atoms with Gasteiger partial charge in [-0.1, -0.05) is 29.8 Å². The molecule has 0 saturated carbocycles.